The Morgan fingerprint density at radius 1 is 1.43 bits per heavy atom. The van der Waals surface area contributed by atoms with E-state index in [0.717, 1.165) is 6.07 Å². The molecule has 0 unspecified atom stereocenters. The molecule has 0 aliphatic rings. The molecule has 0 atom stereocenters. The Balaban J connectivity index is 1.95. The zero-order chi connectivity index (χ0) is 16.8. The van der Waals surface area contributed by atoms with Gasteiger partial charge in [-0.1, -0.05) is 0 Å². The van der Waals surface area contributed by atoms with Crippen LogP contribution in [0.25, 0.3) is 10.9 Å². The molecule has 1 aromatic heterocycles. The molecule has 6 nitrogen and oxygen atoms in total. The van der Waals surface area contributed by atoms with Crippen molar-refractivity contribution in [2.45, 2.75) is 32.9 Å². The largest absolute Gasteiger partial charge is 0.379 e. The van der Waals surface area contributed by atoms with Crippen molar-refractivity contribution in [3.63, 3.8) is 0 Å². The highest BCUT2D eigenvalue weighted by Crippen LogP contribution is 2.08. The van der Waals surface area contributed by atoms with Crippen LogP contribution in [-0.4, -0.2) is 34.7 Å². The monoisotopic (exact) mass is 321 g/mol. The van der Waals surface area contributed by atoms with Crippen LogP contribution in [-0.2, 0) is 16.1 Å². The fraction of sp³-hybridized carbons (Fsp3) is 0.438. The summed E-state index contributed by atoms with van der Waals surface area (Å²) in [5.41, 5.74) is -0.0355. The van der Waals surface area contributed by atoms with Gasteiger partial charge in [0.25, 0.3) is 5.56 Å². The highest BCUT2D eigenvalue weighted by atomic mass is 19.1. The Hall–Kier alpha value is -2.28. The molecule has 1 heterocycles. The van der Waals surface area contributed by atoms with Crippen molar-refractivity contribution >= 4 is 16.8 Å². The van der Waals surface area contributed by atoms with Gasteiger partial charge in [-0.2, -0.15) is 0 Å². The first-order chi connectivity index (χ1) is 11.0. The summed E-state index contributed by atoms with van der Waals surface area (Å²) < 4.78 is 19.8. The number of fused-ring (bicyclic) bond motifs is 1. The highest BCUT2D eigenvalue weighted by molar-refractivity contribution is 5.78. The number of benzene rings is 1. The summed E-state index contributed by atoms with van der Waals surface area (Å²) in [7, 11) is 0. The van der Waals surface area contributed by atoms with Crippen LogP contribution in [0.5, 0.6) is 0 Å². The van der Waals surface area contributed by atoms with Crippen molar-refractivity contribution in [1.82, 2.24) is 14.9 Å². The van der Waals surface area contributed by atoms with Crippen LogP contribution in [0.15, 0.2) is 29.3 Å². The molecule has 1 N–H and O–H groups in total. The van der Waals surface area contributed by atoms with E-state index in [-0.39, 0.29) is 23.9 Å². The van der Waals surface area contributed by atoms with E-state index in [0.29, 0.717) is 25.1 Å². The van der Waals surface area contributed by atoms with Gasteiger partial charge in [-0.25, -0.2) is 9.37 Å². The molecule has 0 aliphatic carbocycles. The predicted molar refractivity (Wildman–Crippen MR) is 84.7 cm³/mol. The van der Waals surface area contributed by atoms with Crippen molar-refractivity contribution in [2.24, 2.45) is 0 Å². The van der Waals surface area contributed by atoms with Gasteiger partial charge in [-0.3, -0.25) is 14.2 Å². The van der Waals surface area contributed by atoms with Crippen molar-refractivity contribution < 1.29 is 13.9 Å². The van der Waals surface area contributed by atoms with E-state index in [1.807, 2.05) is 13.8 Å². The normalized spacial score (nSPS) is 11.1. The predicted octanol–water partition coefficient (Wildman–Crippen LogP) is 1.47. The second-order valence-corrected chi connectivity index (χ2v) is 5.46. The first kappa shape index (κ1) is 17.1. The molecule has 0 saturated carbocycles. The third-order valence-corrected chi connectivity index (χ3v) is 3.19. The molecule has 0 bridgehead atoms. The summed E-state index contributed by atoms with van der Waals surface area (Å²) in [6.07, 6.45) is 2.15. The number of hydrogen-bond donors (Lipinski definition) is 1. The van der Waals surface area contributed by atoms with Gasteiger partial charge < -0.3 is 10.1 Å². The van der Waals surface area contributed by atoms with Crippen molar-refractivity contribution in [2.75, 3.05) is 13.2 Å². The summed E-state index contributed by atoms with van der Waals surface area (Å²) in [6, 6.07) is 3.80. The quantitative estimate of drug-likeness (QED) is 0.784. The molecule has 0 radical (unpaired) electrons. The molecule has 0 fully saturated rings. The Labute approximate surface area is 133 Å². The topological polar surface area (TPSA) is 73.2 Å². The second kappa shape index (κ2) is 7.82. The van der Waals surface area contributed by atoms with Crippen molar-refractivity contribution in [1.29, 1.82) is 0 Å². The molecule has 2 rings (SSSR count). The molecule has 1 aromatic carbocycles. The number of hydrogen-bond acceptors (Lipinski definition) is 4. The molecule has 124 valence electrons. The standard InChI is InChI=1S/C16H20FN3O3/c1-11(2)23-7-3-6-18-15(21)9-20-10-19-14-5-4-12(17)8-13(14)16(20)22/h4-5,8,10-11H,3,6-7,9H2,1-2H3,(H,18,21). The second-order valence-electron chi connectivity index (χ2n) is 5.46. The summed E-state index contributed by atoms with van der Waals surface area (Å²) >= 11 is 0. The Kier molecular flexibility index (Phi) is 5.81. The lowest BCUT2D eigenvalue weighted by Crippen LogP contribution is -2.33. The van der Waals surface area contributed by atoms with Crippen LogP contribution < -0.4 is 10.9 Å². The number of nitrogens with zero attached hydrogens (tertiary/aromatic N) is 2. The summed E-state index contributed by atoms with van der Waals surface area (Å²) in [6.45, 7) is 4.77. The average molecular weight is 321 g/mol. The maximum absolute atomic E-state index is 13.2. The van der Waals surface area contributed by atoms with Crippen LogP contribution in [0.1, 0.15) is 20.3 Å². The maximum Gasteiger partial charge on any atom is 0.261 e. The van der Waals surface area contributed by atoms with E-state index in [4.69, 9.17) is 4.74 Å². The first-order valence-corrected chi connectivity index (χ1v) is 7.50. The van der Waals surface area contributed by atoms with Crippen molar-refractivity contribution in [3.8, 4) is 0 Å². The number of rotatable bonds is 7. The third-order valence-electron chi connectivity index (χ3n) is 3.19. The smallest absolute Gasteiger partial charge is 0.261 e. The zero-order valence-electron chi connectivity index (χ0n) is 13.2. The van der Waals surface area contributed by atoms with Crippen LogP contribution in [0, 0.1) is 5.82 Å². The number of aromatic nitrogens is 2. The average Bonchev–Trinajstić information content (AvgIpc) is 2.50. The van der Waals surface area contributed by atoms with E-state index in [1.165, 1.54) is 23.0 Å². The molecule has 0 spiro atoms. The van der Waals surface area contributed by atoms with E-state index in [2.05, 4.69) is 10.3 Å². The fourth-order valence-electron chi connectivity index (χ4n) is 2.07. The van der Waals surface area contributed by atoms with Crippen LogP contribution in [0.4, 0.5) is 4.39 Å². The van der Waals surface area contributed by atoms with Gasteiger partial charge in [-0.15, -0.1) is 0 Å². The lowest BCUT2D eigenvalue weighted by molar-refractivity contribution is -0.121. The third kappa shape index (κ3) is 4.85. The minimum Gasteiger partial charge on any atom is -0.379 e. The molecule has 23 heavy (non-hydrogen) atoms. The van der Waals surface area contributed by atoms with E-state index < -0.39 is 11.4 Å². The Morgan fingerprint density at radius 3 is 2.96 bits per heavy atom. The molecule has 7 heteroatoms. The summed E-state index contributed by atoms with van der Waals surface area (Å²) in [4.78, 5) is 28.1. The van der Waals surface area contributed by atoms with Crippen molar-refractivity contribution in [3.05, 3.63) is 40.7 Å². The van der Waals surface area contributed by atoms with Gasteiger partial charge in [-0.05, 0) is 38.5 Å². The molecule has 2 aromatic rings. The lowest BCUT2D eigenvalue weighted by atomic mass is 10.2. The number of ether oxygens (including phenoxy) is 1. The molecular formula is C16H20FN3O3. The van der Waals surface area contributed by atoms with Crippen LogP contribution >= 0.6 is 0 Å². The zero-order valence-corrected chi connectivity index (χ0v) is 13.2. The minimum absolute atomic E-state index is 0.149. The lowest BCUT2D eigenvalue weighted by Gasteiger charge is -2.09. The number of nitrogens with one attached hydrogen (secondary N) is 1. The van der Waals surface area contributed by atoms with Gasteiger partial charge in [0, 0.05) is 13.2 Å². The molecule has 0 saturated heterocycles. The Bertz CT molecular complexity index is 743. The fourth-order valence-corrected chi connectivity index (χ4v) is 2.07. The van der Waals surface area contributed by atoms with Crippen LogP contribution in [0.2, 0.25) is 0 Å². The molecule has 1 amide bonds. The van der Waals surface area contributed by atoms with Crippen LogP contribution in [0.3, 0.4) is 0 Å². The summed E-state index contributed by atoms with van der Waals surface area (Å²) in [5.74, 6) is -0.807. The number of amides is 1. The van der Waals surface area contributed by atoms with E-state index >= 15 is 0 Å². The first-order valence-electron chi connectivity index (χ1n) is 7.50. The van der Waals surface area contributed by atoms with Gasteiger partial charge >= 0.3 is 0 Å². The summed E-state index contributed by atoms with van der Waals surface area (Å²) in [5, 5.41) is 2.87. The maximum atomic E-state index is 13.2. The van der Waals surface area contributed by atoms with Gasteiger partial charge in [0.1, 0.15) is 12.4 Å². The SMILES string of the molecule is CC(C)OCCCNC(=O)Cn1cnc2ccc(F)cc2c1=O. The highest BCUT2D eigenvalue weighted by Gasteiger charge is 2.08. The van der Waals surface area contributed by atoms with Gasteiger partial charge in [0.05, 0.1) is 23.3 Å². The van der Waals surface area contributed by atoms with E-state index in [9.17, 15) is 14.0 Å². The minimum atomic E-state index is -0.510. The number of carbonyl (C=O) groups excluding carboxylic acids is 1. The molecular weight excluding hydrogens is 301 g/mol. The van der Waals surface area contributed by atoms with Gasteiger partial charge in [0.15, 0.2) is 0 Å². The number of halogens is 1. The van der Waals surface area contributed by atoms with Gasteiger partial charge in [0.2, 0.25) is 5.91 Å². The number of carbonyl (C=O) groups is 1. The van der Waals surface area contributed by atoms with E-state index in [1.54, 1.807) is 0 Å². The molecule has 0 aliphatic heterocycles. The Morgan fingerprint density at radius 2 is 2.22 bits per heavy atom.